The summed E-state index contributed by atoms with van der Waals surface area (Å²) in [6.07, 6.45) is 13.0. The molecule has 0 amide bonds. The number of fused-ring (bicyclic) bond motifs is 6. The van der Waals surface area contributed by atoms with Gasteiger partial charge in [0.2, 0.25) is 0 Å². The van der Waals surface area contributed by atoms with Crippen LogP contribution in [0.3, 0.4) is 0 Å². The minimum absolute atomic E-state index is 0.972. The van der Waals surface area contributed by atoms with Gasteiger partial charge in [0.1, 0.15) is 0 Å². The van der Waals surface area contributed by atoms with E-state index in [0.29, 0.717) is 0 Å². The van der Waals surface area contributed by atoms with E-state index >= 15 is 0 Å². The molecule has 0 atom stereocenters. The second kappa shape index (κ2) is 14.2. The van der Waals surface area contributed by atoms with E-state index in [1.165, 1.54) is 88.6 Å². The summed E-state index contributed by atoms with van der Waals surface area (Å²) < 4.78 is 0. The minimum atomic E-state index is 0.972. The van der Waals surface area contributed by atoms with Crippen LogP contribution in [0.2, 0.25) is 0 Å². The lowest BCUT2D eigenvalue weighted by Crippen LogP contribution is -2.18. The van der Waals surface area contributed by atoms with Crippen LogP contribution in [0.15, 0.2) is 199 Å². The maximum Gasteiger partial charge on any atom is 0.0714 e. The fraction of sp³-hybridized carbons (Fsp3) is 0.105. The smallest absolute Gasteiger partial charge is 0.0714 e. The number of nitrogens with zero attached hydrogens (tertiary/aromatic N) is 3. The summed E-state index contributed by atoms with van der Waals surface area (Å²) in [7, 11) is 0. The van der Waals surface area contributed by atoms with Crippen LogP contribution < -0.4 is 9.80 Å². The van der Waals surface area contributed by atoms with E-state index in [1.54, 1.807) is 5.57 Å². The third kappa shape index (κ3) is 5.68. The molecule has 3 heteroatoms. The molecule has 0 bridgehead atoms. The highest BCUT2D eigenvalue weighted by Gasteiger charge is 2.27. The lowest BCUT2D eigenvalue weighted by atomic mass is 9.86. The summed E-state index contributed by atoms with van der Waals surface area (Å²) >= 11 is 0. The molecular weight excluding hydrogens is 727 g/mol. The van der Waals surface area contributed by atoms with Crippen LogP contribution in [-0.4, -0.2) is 4.98 Å². The molecule has 1 aromatic heterocycles. The largest absolute Gasteiger partial charge is 0.310 e. The van der Waals surface area contributed by atoms with Gasteiger partial charge in [0.15, 0.2) is 0 Å². The van der Waals surface area contributed by atoms with Crippen molar-refractivity contribution >= 4 is 60.8 Å². The maximum atomic E-state index is 5.09. The fourth-order valence-corrected chi connectivity index (χ4v) is 10.3. The van der Waals surface area contributed by atoms with Crippen LogP contribution in [0.5, 0.6) is 0 Å². The second-order valence-corrected chi connectivity index (χ2v) is 16.5. The summed E-state index contributed by atoms with van der Waals surface area (Å²) in [5.74, 6) is 0. The van der Waals surface area contributed by atoms with Gasteiger partial charge in [-0.15, -0.1) is 0 Å². The number of allylic oxidation sites excluding steroid dienone is 3. The molecule has 0 saturated carbocycles. The zero-order valence-corrected chi connectivity index (χ0v) is 33.5. The summed E-state index contributed by atoms with van der Waals surface area (Å²) in [5, 5.41) is 7.29. The predicted molar refractivity (Wildman–Crippen MR) is 252 cm³/mol. The average Bonchev–Trinajstić information content (AvgIpc) is 3.59. The molecule has 0 N–H and O–H groups in total. The number of para-hydroxylation sites is 3. The van der Waals surface area contributed by atoms with Crippen molar-refractivity contribution in [3.63, 3.8) is 0 Å². The molecule has 3 heterocycles. The Hall–Kier alpha value is -7.23. The van der Waals surface area contributed by atoms with E-state index in [0.717, 1.165) is 55.5 Å². The molecule has 0 fully saturated rings. The first-order valence-electron chi connectivity index (χ1n) is 21.4. The lowest BCUT2D eigenvalue weighted by molar-refractivity contribution is 0.833. The Balaban J connectivity index is 1.19. The summed E-state index contributed by atoms with van der Waals surface area (Å²) in [5.41, 5.74) is 17.6. The maximum absolute atomic E-state index is 5.09. The Kier molecular flexibility index (Phi) is 8.26. The topological polar surface area (TPSA) is 19.4 Å². The monoisotopic (exact) mass is 769 g/mol. The van der Waals surface area contributed by atoms with E-state index < -0.39 is 0 Å². The normalized spacial score (nSPS) is 14.7. The van der Waals surface area contributed by atoms with Crippen molar-refractivity contribution in [3.05, 3.63) is 216 Å². The number of aromatic nitrogens is 1. The van der Waals surface area contributed by atoms with E-state index in [4.69, 9.17) is 4.98 Å². The highest BCUT2D eigenvalue weighted by Crippen LogP contribution is 2.50. The van der Waals surface area contributed by atoms with Crippen molar-refractivity contribution < 1.29 is 0 Å². The highest BCUT2D eigenvalue weighted by atomic mass is 15.2. The van der Waals surface area contributed by atoms with E-state index in [9.17, 15) is 0 Å². The van der Waals surface area contributed by atoms with E-state index in [2.05, 4.69) is 186 Å². The molecule has 286 valence electrons. The molecule has 9 aromatic rings. The molecule has 2 aliphatic heterocycles. The predicted octanol–water partition coefficient (Wildman–Crippen LogP) is 15.1. The molecule has 0 unspecified atom stereocenters. The highest BCUT2D eigenvalue weighted by molar-refractivity contribution is 6.22. The number of rotatable bonds is 4. The Bertz CT molecular complexity index is 3180. The van der Waals surface area contributed by atoms with Gasteiger partial charge in [-0.3, -0.25) is 4.98 Å². The van der Waals surface area contributed by atoms with Crippen LogP contribution in [0.4, 0.5) is 28.4 Å². The standard InChI is InChI=1S/C57H43N3/c1-2-18-43-35-44(29-24-38(43)13-1)56-47-32-30-46(60-54-22-9-5-16-41(54)27-28-42-17-6-10-23-55(42)60)37-50(47)57(51-19-11-12-34-58-51)48-33-31-45(36-49(48)56)59-52-20-7-3-14-39(52)25-26-40-15-4-8-21-53(40)59/h1-3,5-14,16-24,29-37H,4,15,25-28H2. The van der Waals surface area contributed by atoms with Gasteiger partial charge in [0.05, 0.1) is 5.69 Å². The zero-order valence-electron chi connectivity index (χ0n) is 33.5. The molecule has 0 radical (unpaired) electrons. The molecule has 0 spiro atoms. The van der Waals surface area contributed by atoms with Gasteiger partial charge in [0, 0.05) is 45.9 Å². The number of hydrogen-bond donors (Lipinski definition) is 0. The number of anilines is 5. The molecule has 12 rings (SSSR count). The van der Waals surface area contributed by atoms with Gasteiger partial charge < -0.3 is 9.80 Å². The van der Waals surface area contributed by atoms with Gasteiger partial charge in [-0.1, -0.05) is 115 Å². The van der Waals surface area contributed by atoms with Crippen molar-refractivity contribution in [3.8, 4) is 22.4 Å². The Morgan fingerprint density at radius 3 is 1.70 bits per heavy atom. The Labute approximate surface area is 351 Å². The molecule has 3 aliphatic rings. The first kappa shape index (κ1) is 34.8. The molecule has 1 aliphatic carbocycles. The average molecular weight is 770 g/mol. The van der Waals surface area contributed by atoms with Crippen LogP contribution >= 0.6 is 0 Å². The fourth-order valence-electron chi connectivity index (χ4n) is 10.3. The number of aryl methyl sites for hydroxylation is 3. The molecular formula is C57H43N3. The van der Waals surface area contributed by atoms with Gasteiger partial charge in [-0.05, 0) is 171 Å². The summed E-state index contributed by atoms with van der Waals surface area (Å²) in [6, 6.07) is 63.3. The quantitative estimate of drug-likeness (QED) is 0.166. The van der Waals surface area contributed by atoms with E-state index in [1.807, 2.05) is 12.3 Å². The van der Waals surface area contributed by atoms with Crippen molar-refractivity contribution in [1.29, 1.82) is 0 Å². The van der Waals surface area contributed by atoms with Crippen LogP contribution in [0.1, 0.15) is 36.0 Å². The van der Waals surface area contributed by atoms with Crippen molar-refractivity contribution in [2.45, 2.75) is 38.5 Å². The summed E-state index contributed by atoms with van der Waals surface area (Å²) in [4.78, 5) is 10.1. The second-order valence-electron chi connectivity index (χ2n) is 16.5. The van der Waals surface area contributed by atoms with E-state index in [-0.39, 0.29) is 0 Å². The van der Waals surface area contributed by atoms with Gasteiger partial charge >= 0.3 is 0 Å². The van der Waals surface area contributed by atoms with Crippen molar-refractivity contribution in [2.75, 3.05) is 9.80 Å². The van der Waals surface area contributed by atoms with Crippen molar-refractivity contribution in [1.82, 2.24) is 4.98 Å². The minimum Gasteiger partial charge on any atom is -0.310 e. The molecule has 3 nitrogen and oxygen atoms in total. The lowest BCUT2D eigenvalue weighted by Gasteiger charge is -2.30. The first-order chi connectivity index (χ1) is 29.8. The SMILES string of the molecule is C1=CC2=C(CC1)CCc1ccccc1N2c1ccc2c(-c3ccccn3)c3cc(N4c5ccccc5CCc5ccccc54)ccc3c(-c3ccc4ccccc4c3)c2c1. The number of benzene rings is 8. The van der Waals surface area contributed by atoms with Gasteiger partial charge in [-0.25, -0.2) is 0 Å². The zero-order chi connectivity index (χ0) is 39.6. The molecule has 60 heavy (non-hydrogen) atoms. The number of hydrogen-bond acceptors (Lipinski definition) is 3. The first-order valence-corrected chi connectivity index (χ1v) is 21.4. The van der Waals surface area contributed by atoms with Crippen LogP contribution in [0.25, 0.3) is 54.7 Å². The van der Waals surface area contributed by atoms with Crippen molar-refractivity contribution in [2.24, 2.45) is 0 Å². The third-order valence-corrected chi connectivity index (χ3v) is 13.1. The molecule has 8 aromatic carbocycles. The number of pyridine rings is 1. The third-order valence-electron chi connectivity index (χ3n) is 13.1. The van der Waals surface area contributed by atoms with Crippen LogP contribution in [-0.2, 0) is 19.3 Å². The Morgan fingerprint density at radius 2 is 1.00 bits per heavy atom. The van der Waals surface area contributed by atoms with Gasteiger partial charge in [0.25, 0.3) is 0 Å². The van der Waals surface area contributed by atoms with Crippen LogP contribution in [0, 0.1) is 0 Å². The molecule has 0 saturated heterocycles. The summed E-state index contributed by atoms with van der Waals surface area (Å²) in [6.45, 7) is 0. The Morgan fingerprint density at radius 1 is 0.417 bits per heavy atom. The van der Waals surface area contributed by atoms with Gasteiger partial charge in [-0.2, -0.15) is 0 Å².